The maximum Gasteiger partial charge on any atom is 0.256 e. The lowest BCUT2D eigenvalue weighted by molar-refractivity contribution is -0.0668. The lowest BCUT2D eigenvalue weighted by atomic mass is 9.95. The van der Waals surface area contributed by atoms with E-state index in [0.29, 0.717) is 0 Å². The second-order valence-corrected chi connectivity index (χ2v) is 4.39. The molecule has 16 heavy (non-hydrogen) atoms. The summed E-state index contributed by atoms with van der Waals surface area (Å²) in [6.07, 6.45) is 0. The SMILES string of the molecule is CC1(O)CN(C(=O)c2cc(F)ccc2N)C1. The van der Waals surface area contributed by atoms with Gasteiger partial charge in [-0.25, -0.2) is 4.39 Å². The van der Waals surface area contributed by atoms with Crippen LogP contribution in [-0.2, 0) is 0 Å². The molecule has 0 bridgehead atoms. The van der Waals surface area contributed by atoms with Crippen LogP contribution in [-0.4, -0.2) is 34.6 Å². The minimum atomic E-state index is -0.836. The highest BCUT2D eigenvalue weighted by atomic mass is 19.1. The Morgan fingerprint density at radius 1 is 1.56 bits per heavy atom. The van der Waals surface area contributed by atoms with Crippen LogP contribution < -0.4 is 5.73 Å². The second kappa shape index (κ2) is 3.45. The number of nitrogen functional groups attached to an aromatic ring is 1. The molecule has 4 nitrogen and oxygen atoms in total. The number of amides is 1. The van der Waals surface area contributed by atoms with Crippen LogP contribution in [0.1, 0.15) is 17.3 Å². The van der Waals surface area contributed by atoms with Gasteiger partial charge in [-0.05, 0) is 25.1 Å². The number of hydrogen-bond acceptors (Lipinski definition) is 3. The molecule has 0 aliphatic carbocycles. The zero-order valence-corrected chi connectivity index (χ0v) is 8.90. The molecule has 1 aliphatic rings. The van der Waals surface area contributed by atoms with Crippen LogP contribution in [0.3, 0.4) is 0 Å². The van der Waals surface area contributed by atoms with Gasteiger partial charge in [-0.2, -0.15) is 0 Å². The number of anilines is 1. The molecule has 3 N–H and O–H groups in total. The third-order valence-corrected chi connectivity index (χ3v) is 2.60. The summed E-state index contributed by atoms with van der Waals surface area (Å²) in [6.45, 7) is 2.15. The number of carbonyl (C=O) groups is 1. The average Bonchev–Trinajstić information content (AvgIpc) is 2.17. The van der Waals surface area contributed by atoms with E-state index in [1.54, 1.807) is 6.92 Å². The fourth-order valence-corrected chi connectivity index (χ4v) is 1.80. The number of benzene rings is 1. The van der Waals surface area contributed by atoms with Gasteiger partial charge in [0.2, 0.25) is 0 Å². The zero-order valence-electron chi connectivity index (χ0n) is 8.90. The van der Waals surface area contributed by atoms with Gasteiger partial charge in [0.1, 0.15) is 5.82 Å². The Bertz CT molecular complexity index is 438. The maximum atomic E-state index is 13.0. The van der Waals surface area contributed by atoms with Gasteiger partial charge >= 0.3 is 0 Å². The van der Waals surface area contributed by atoms with Gasteiger partial charge in [0.05, 0.1) is 24.3 Å². The fourth-order valence-electron chi connectivity index (χ4n) is 1.80. The Hall–Kier alpha value is -1.62. The summed E-state index contributed by atoms with van der Waals surface area (Å²) >= 11 is 0. The molecule has 2 rings (SSSR count). The van der Waals surface area contributed by atoms with Crippen LogP contribution >= 0.6 is 0 Å². The summed E-state index contributed by atoms with van der Waals surface area (Å²) < 4.78 is 13.0. The molecule has 0 spiro atoms. The number of carbonyl (C=O) groups excluding carboxylic acids is 1. The van der Waals surface area contributed by atoms with E-state index in [4.69, 9.17) is 5.73 Å². The van der Waals surface area contributed by atoms with Crippen molar-refractivity contribution in [2.24, 2.45) is 0 Å². The smallest absolute Gasteiger partial charge is 0.256 e. The summed E-state index contributed by atoms with van der Waals surface area (Å²) in [5.74, 6) is -0.839. The normalized spacial score (nSPS) is 18.1. The Kier molecular flexibility index (Phi) is 2.35. The molecule has 86 valence electrons. The van der Waals surface area contributed by atoms with Crippen molar-refractivity contribution in [2.75, 3.05) is 18.8 Å². The first kappa shape index (κ1) is 10.9. The van der Waals surface area contributed by atoms with Crippen LogP contribution in [0.15, 0.2) is 18.2 Å². The van der Waals surface area contributed by atoms with Crippen molar-refractivity contribution in [1.29, 1.82) is 0 Å². The lowest BCUT2D eigenvalue weighted by Gasteiger charge is -2.44. The molecule has 0 radical (unpaired) electrons. The third-order valence-electron chi connectivity index (χ3n) is 2.60. The number of halogens is 1. The molecule has 1 saturated heterocycles. The van der Waals surface area contributed by atoms with Crippen LogP contribution in [0, 0.1) is 5.82 Å². The Balaban J connectivity index is 2.19. The molecule has 0 unspecified atom stereocenters. The largest absolute Gasteiger partial charge is 0.398 e. The highest BCUT2D eigenvalue weighted by Gasteiger charge is 2.40. The molecule has 0 aromatic heterocycles. The molecule has 0 saturated carbocycles. The van der Waals surface area contributed by atoms with Crippen LogP contribution in [0.5, 0.6) is 0 Å². The first-order chi connectivity index (χ1) is 7.39. The fraction of sp³-hybridized carbons (Fsp3) is 0.364. The summed E-state index contributed by atoms with van der Waals surface area (Å²) in [4.78, 5) is 13.3. The Morgan fingerprint density at radius 3 is 2.75 bits per heavy atom. The van der Waals surface area contributed by atoms with Gasteiger partial charge in [-0.15, -0.1) is 0 Å². The van der Waals surface area contributed by atoms with E-state index in [-0.39, 0.29) is 30.2 Å². The molecule has 1 aromatic carbocycles. The van der Waals surface area contributed by atoms with E-state index >= 15 is 0 Å². The van der Waals surface area contributed by atoms with Gasteiger partial charge < -0.3 is 15.7 Å². The summed E-state index contributed by atoms with van der Waals surface area (Å²) in [5.41, 5.74) is 5.16. The van der Waals surface area contributed by atoms with Gasteiger partial charge in [-0.3, -0.25) is 4.79 Å². The first-order valence-corrected chi connectivity index (χ1v) is 4.96. The van der Waals surface area contributed by atoms with Crippen molar-refractivity contribution in [3.8, 4) is 0 Å². The molecule has 1 fully saturated rings. The predicted octanol–water partition coefficient (Wildman–Crippen LogP) is 0.615. The number of β-amino-alcohol motifs (C(OH)–C–C–N with tert-alkyl or cyclic N) is 1. The van der Waals surface area contributed by atoms with Gasteiger partial charge in [-0.1, -0.05) is 0 Å². The van der Waals surface area contributed by atoms with Crippen LogP contribution in [0.4, 0.5) is 10.1 Å². The highest BCUT2D eigenvalue weighted by Crippen LogP contribution is 2.24. The average molecular weight is 224 g/mol. The molecule has 0 atom stereocenters. The van der Waals surface area contributed by atoms with Gasteiger partial charge in [0.15, 0.2) is 0 Å². The van der Waals surface area contributed by atoms with E-state index in [2.05, 4.69) is 0 Å². The molecule has 1 aromatic rings. The number of hydrogen-bond donors (Lipinski definition) is 2. The van der Waals surface area contributed by atoms with E-state index < -0.39 is 11.4 Å². The van der Waals surface area contributed by atoms with Crippen molar-refractivity contribution in [3.05, 3.63) is 29.6 Å². The highest BCUT2D eigenvalue weighted by molar-refractivity contribution is 5.99. The number of rotatable bonds is 1. The summed E-state index contributed by atoms with van der Waals surface area (Å²) in [7, 11) is 0. The maximum absolute atomic E-state index is 13.0. The van der Waals surface area contributed by atoms with Gasteiger partial charge in [0.25, 0.3) is 5.91 Å². The van der Waals surface area contributed by atoms with Crippen molar-refractivity contribution in [2.45, 2.75) is 12.5 Å². The first-order valence-electron chi connectivity index (χ1n) is 4.96. The van der Waals surface area contributed by atoms with E-state index in [0.717, 1.165) is 6.07 Å². The summed E-state index contributed by atoms with van der Waals surface area (Å²) in [5, 5.41) is 9.50. The van der Waals surface area contributed by atoms with Crippen LogP contribution in [0.25, 0.3) is 0 Å². The lowest BCUT2D eigenvalue weighted by Crippen LogP contribution is -2.61. The second-order valence-electron chi connectivity index (χ2n) is 4.39. The summed E-state index contributed by atoms with van der Waals surface area (Å²) in [6, 6.07) is 3.68. The molecular formula is C11H13FN2O2. The van der Waals surface area contributed by atoms with Gasteiger partial charge in [0, 0.05) is 5.69 Å². The molecule has 1 aliphatic heterocycles. The number of likely N-dealkylation sites (tertiary alicyclic amines) is 1. The standard InChI is InChI=1S/C11H13FN2O2/c1-11(16)5-14(6-11)10(15)8-4-7(12)2-3-9(8)13/h2-4,16H,5-6,13H2,1H3. The van der Waals surface area contributed by atoms with Crippen molar-refractivity contribution in [1.82, 2.24) is 4.90 Å². The van der Waals surface area contributed by atoms with Crippen molar-refractivity contribution >= 4 is 11.6 Å². The van der Waals surface area contributed by atoms with Crippen molar-refractivity contribution in [3.63, 3.8) is 0 Å². The third kappa shape index (κ3) is 1.86. The Labute approximate surface area is 92.5 Å². The van der Waals surface area contributed by atoms with E-state index in [1.807, 2.05) is 0 Å². The molecular weight excluding hydrogens is 211 g/mol. The van der Waals surface area contributed by atoms with Crippen molar-refractivity contribution < 1.29 is 14.3 Å². The minimum absolute atomic E-state index is 0.149. The Morgan fingerprint density at radius 2 is 2.19 bits per heavy atom. The zero-order chi connectivity index (χ0) is 11.9. The van der Waals surface area contributed by atoms with Crippen LogP contribution in [0.2, 0.25) is 0 Å². The number of nitrogens with zero attached hydrogens (tertiary/aromatic N) is 1. The molecule has 5 heteroatoms. The quantitative estimate of drug-likeness (QED) is 0.687. The number of aliphatic hydroxyl groups is 1. The predicted molar refractivity (Wildman–Crippen MR) is 57.3 cm³/mol. The van der Waals surface area contributed by atoms with E-state index in [1.165, 1.54) is 17.0 Å². The molecule has 1 amide bonds. The minimum Gasteiger partial charge on any atom is -0.398 e. The topological polar surface area (TPSA) is 66.6 Å². The monoisotopic (exact) mass is 224 g/mol. The van der Waals surface area contributed by atoms with E-state index in [9.17, 15) is 14.3 Å². The molecule has 1 heterocycles. The number of nitrogens with two attached hydrogens (primary N) is 1.